The van der Waals surface area contributed by atoms with Crippen molar-refractivity contribution < 1.29 is 13.2 Å². The molecule has 13 heavy (non-hydrogen) atoms. The molecule has 0 bridgehead atoms. The summed E-state index contributed by atoms with van der Waals surface area (Å²) in [5, 5.41) is 2.91. The van der Waals surface area contributed by atoms with Crippen LogP contribution in [0.3, 0.4) is 0 Å². The molecule has 0 spiro atoms. The zero-order valence-electron chi connectivity index (χ0n) is 7.36. The van der Waals surface area contributed by atoms with Crippen molar-refractivity contribution in [1.29, 1.82) is 0 Å². The van der Waals surface area contributed by atoms with Crippen LogP contribution in [0.5, 0.6) is 0 Å². The lowest BCUT2D eigenvalue weighted by Crippen LogP contribution is -2.58. The lowest BCUT2D eigenvalue weighted by Gasteiger charge is -2.31. The number of nitrogens with two attached hydrogens (primary N) is 1. The van der Waals surface area contributed by atoms with Crippen molar-refractivity contribution >= 4 is 15.9 Å². The highest BCUT2D eigenvalue weighted by atomic mass is 32.2. The Hall–Kier alpha value is -0.660. The van der Waals surface area contributed by atoms with E-state index >= 15 is 0 Å². The first-order valence-electron chi connectivity index (χ1n) is 3.90. The van der Waals surface area contributed by atoms with Gasteiger partial charge >= 0.3 is 0 Å². The topological polar surface area (TPSA) is 92.5 Å². The molecule has 1 saturated heterocycles. The zero-order valence-corrected chi connectivity index (χ0v) is 8.17. The summed E-state index contributed by atoms with van der Waals surface area (Å²) in [7, 11) is -3.33. The van der Waals surface area contributed by atoms with Gasteiger partial charge in [-0.1, -0.05) is 0 Å². The number of carbonyl (C=O) groups is 1. The average Bonchev–Trinajstić information content (AvgIpc) is 2.03. The largest absolute Gasteiger partial charge is 0.368 e. The first-order chi connectivity index (χ1) is 5.93. The fraction of sp³-hybridized carbons (Fsp3) is 0.833. The molecule has 1 amide bonds. The minimum absolute atomic E-state index is 0.294. The third-order valence-electron chi connectivity index (χ3n) is 1.95. The van der Waals surface area contributed by atoms with Gasteiger partial charge < -0.3 is 11.1 Å². The number of primary amides is 1. The summed E-state index contributed by atoms with van der Waals surface area (Å²) in [5.74, 6) is -0.613. The lowest BCUT2D eigenvalue weighted by molar-refractivity contribution is -0.122. The van der Waals surface area contributed by atoms with Gasteiger partial charge in [0, 0.05) is 19.6 Å². The van der Waals surface area contributed by atoms with E-state index in [1.807, 2.05) is 0 Å². The number of sulfonamides is 1. The SMILES string of the molecule is CS(=O)(=O)N1CCNCC1C(N)=O. The minimum atomic E-state index is -3.33. The van der Waals surface area contributed by atoms with E-state index in [1.165, 1.54) is 0 Å². The van der Waals surface area contributed by atoms with Crippen molar-refractivity contribution in [1.82, 2.24) is 9.62 Å². The third-order valence-corrected chi connectivity index (χ3v) is 3.24. The van der Waals surface area contributed by atoms with Crippen LogP contribution in [0.2, 0.25) is 0 Å². The van der Waals surface area contributed by atoms with Crippen LogP contribution < -0.4 is 11.1 Å². The Morgan fingerprint density at radius 3 is 2.62 bits per heavy atom. The van der Waals surface area contributed by atoms with Gasteiger partial charge in [-0.3, -0.25) is 4.79 Å². The van der Waals surface area contributed by atoms with E-state index in [9.17, 15) is 13.2 Å². The predicted molar refractivity (Wildman–Crippen MR) is 47.4 cm³/mol. The molecule has 6 nitrogen and oxygen atoms in total. The molecule has 76 valence electrons. The van der Waals surface area contributed by atoms with E-state index in [0.717, 1.165) is 10.6 Å². The second-order valence-corrected chi connectivity index (χ2v) is 4.93. The molecule has 1 unspecified atom stereocenters. The number of piperazine rings is 1. The van der Waals surface area contributed by atoms with Gasteiger partial charge in [0.1, 0.15) is 6.04 Å². The number of rotatable bonds is 2. The monoisotopic (exact) mass is 207 g/mol. The van der Waals surface area contributed by atoms with Crippen LogP contribution in [0, 0.1) is 0 Å². The maximum atomic E-state index is 11.2. The van der Waals surface area contributed by atoms with Gasteiger partial charge in [0.2, 0.25) is 15.9 Å². The van der Waals surface area contributed by atoms with E-state index < -0.39 is 22.0 Å². The molecular formula is C6H13N3O3S. The van der Waals surface area contributed by atoms with Gasteiger partial charge in [-0.15, -0.1) is 0 Å². The van der Waals surface area contributed by atoms with Gasteiger partial charge in [0.15, 0.2) is 0 Å². The molecule has 0 aromatic heterocycles. The van der Waals surface area contributed by atoms with Crippen LogP contribution in [-0.2, 0) is 14.8 Å². The van der Waals surface area contributed by atoms with E-state index in [-0.39, 0.29) is 0 Å². The van der Waals surface area contributed by atoms with Crippen LogP contribution in [0.15, 0.2) is 0 Å². The maximum absolute atomic E-state index is 11.2. The summed E-state index contributed by atoms with van der Waals surface area (Å²) >= 11 is 0. The highest BCUT2D eigenvalue weighted by Gasteiger charge is 2.32. The first kappa shape index (κ1) is 10.4. The van der Waals surface area contributed by atoms with Crippen LogP contribution in [0.25, 0.3) is 0 Å². The molecule has 0 aliphatic carbocycles. The van der Waals surface area contributed by atoms with E-state index in [4.69, 9.17) is 5.73 Å². The van der Waals surface area contributed by atoms with Crippen LogP contribution >= 0.6 is 0 Å². The Morgan fingerprint density at radius 1 is 1.62 bits per heavy atom. The molecule has 7 heteroatoms. The van der Waals surface area contributed by atoms with Crippen molar-refractivity contribution in [2.75, 3.05) is 25.9 Å². The molecule has 0 aromatic rings. The minimum Gasteiger partial charge on any atom is -0.368 e. The van der Waals surface area contributed by atoms with Gasteiger partial charge in [0.25, 0.3) is 0 Å². The Bertz CT molecular complexity index is 300. The van der Waals surface area contributed by atoms with E-state index in [0.29, 0.717) is 19.6 Å². The van der Waals surface area contributed by atoms with Crippen molar-refractivity contribution in [3.8, 4) is 0 Å². The molecule has 1 heterocycles. The fourth-order valence-corrected chi connectivity index (χ4v) is 2.39. The van der Waals surface area contributed by atoms with Crippen molar-refractivity contribution in [2.24, 2.45) is 5.73 Å². The highest BCUT2D eigenvalue weighted by Crippen LogP contribution is 2.07. The molecule has 0 aromatic carbocycles. The maximum Gasteiger partial charge on any atom is 0.237 e. The molecule has 1 aliphatic rings. The number of hydrogen-bond donors (Lipinski definition) is 2. The summed E-state index contributed by atoms with van der Waals surface area (Å²) < 4.78 is 23.5. The smallest absolute Gasteiger partial charge is 0.237 e. The van der Waals surface area contributed by atoms with Gasteiger partial charge in [-0.25, -0.2) is 8.42 Å². The number of carbonyl (C=O) groups excluding carboxylic acids is 1. The average molecular weight is 207 g/mol. The summed E-state index contributed by atoms with van der Waals surface area (Å²) in [6, 6.07) is -0.747. The van der Waals surface area contributed by atoms with Crippen LogP contribution in [-0.4, -0.2) is 50.6 Å². The quantitative estimate of drug-likeness (QED) is 0.533. The lowest BCUT2D eigenvalue weighted by atomic mass is 10.2. The number of nitrogens with one attached hydrogen (secondary N) is 1. The standard InChI is InChI=1S/C6H13N3O3S/c1-13(11,12)9-3-2-8-4-5(9)6(7)10/h5,8H,2-4H2,1H3,(H2,7,10). The molecule has 0 radical (unpaired) electrons. The Labute approximate surface area is 77.1 Å². The Balaban J connectivity index is 2.86. The Morgan fingerprint density at radius 2 is 2.23 bits per heavy atom. The number of nitrogens with zero attached hydrogens (tertiary/aromatic N) is 1. The second-order valence-electron chi connectivity index (χ2n) is 3.00. The summed E-state index contributed by atoms with van der Waals surface area (Å²) in [5.41, 5.74) is 5.07. The molecule has 0 saturated carbocycles. The predicted octanol–water partition coefficient (Wildman–Crippen LogP) is -2.29. The normalized spacial score (nSPS) is 25.8. The first-order valence-corrected chi connectivity index (χ1v) is 5.74. The molecule has 1 atom stereocenters. The van der Waals surface area contributed by atoms with E-state index in [1.54, 1.807) is 0 Å². The van der Waals surface area contributed by atoms with Crippen molar-refractivity contribution in [2.45, 2.75) is 6.04 Å². The number of hydrogen-bond acceptors (Lipinski definition) is 4. The second kappa shape index (κ2) is 3.60. The Kier molecular flexibility index (Phi) is 2.89. The summed E-state index contributed by atoms with van der Waals surface area (Å²) in [6.45, 7) is 1.14. The van der Waals surface area contributed by atoms with Gasteiger partial charge in [0.05, 0.1) is 6.26 Å². The summed E-state index contributed by atoms with van der Waals surface area (Å²) in [4.78, 5) is 10.9. The highest BCUT2D eigenvalue weighted by molar-refractivity contribution is 7.88. The van der Waals surface area contributed by atoms with Crippen LogP contribution in [0.4, 0.5) is 0 Å². The third kappa shape index (κ3) is 2.39. The van der Waals surface area contributed by atoms with Crippen molar-refractivity contribution in [3.05, 3.63) is 0 Å². The molecule has 1 rings (SSSR count). The van der Waals surface area contributed by atoms with Gasteiger partial charge in [-0.05, 0) is 0 Å². The fourth-order valence-electron chi connectivity index (χ4n) is 1.33. The number of amides is 1. The van der Waals surface area contributed by atoms with E-state index in [2.05, 4.69) is 5.32 Å². The zero-order chi connectivity index (χ0) is 10.1. The molecular weight excluding hydrogens is 194 g/mol. The van der Waals surface area contributed by atoms with Gasteiger partial charge in [-0.2, -0.15) is 4.31 Å². The molecule has 1 aliphatic heterocycles. The van der Waals surface area contributed by atoms with Crippen molar-refractivity contribution in [3.63, 3.8) is 0 Å². The summed E-state index contributed by atoms with van der Waals surface area (Å²) in [6.07, 6.45) is 1.08. The van der Waals surface area contributed by atoms with Crippen LogP contribution in [0.1, 0.15) is 0 Å². The molecule has 1 fully saturated rings. The molecule has 3 N–H and O–H groups in total.